The molecule has 1 rings (SSSR count). The molecule has 0 aromatic carbocycles. The van der Waals surface area contributed by atoms with Gasteiger partial charge in [0, 0.05) is 17.6 Å². The Kier molecular flexibility index (Phi) is 6.27. The fourth-order valence-corrected chi connectivity index (χ4v) is 2.64. The van der Waals surface area contributed by atoms with Crippen LogP contribution < -0.4 is 4.72 Å². The van der Waals surface area contributed by atoms with Gasteiger partial charge in [-0.1, -0.05) is 30.3 Å². The maximum absolute atomic E-state index is 12.3. The number of rotatable bonds is 6. The van der Waals surface area contributed by atoms with E-state index in [1.54, 1.807) is 24.4 Å². The van der Waals surface area contributed by atoms with Crippen LogP contribution in [0.4, 0.5) is 0 Å². The molecule has 0 bridgehead atoms. The molecule has 110 valence electrons. The Bertz CT molecular complexity index is 485. The van der Waals surface area contributed by atoms with Gasteiger partial charge in [-0.25, -0.2) is 4.98 Å². The van der Waals surface area contributed by atoms with Gasteiger partial charge in [0.15, 0.2) is 0 Å². The topological polar surface area (TPSA) is 48.0 Å². The average Bonchev–Trinajstić information content (AvgIpc) is 2.37. The van der Waals surface area contributed by atoms with E-state index in [9.17, 15) is 4.55 Å². The van der Waals surface area contributed by atoms with Gasteiger partial charge < -0.3 is 4.55 Å². The van der Waals surface area contributed by atoms with Crippen LogP contribution in [0.15, 0.2) is 31.5 Å². The summed E-state index contributed by atoms with van der Waals surface area (Å²) >= 11 is 4.79. The molecule has 5 heteroatoms. The summed E-state index contributed by atoms with van der Waals surface area (Å²) in [6.07, 6.45) is 5.82. The molecule has 0 saturated carbocycles. The molecule has 0 amide bonds. The molecule has 0 spiro atoms. The lowest BCUT2D eigenvalue weighted by Gasteiger charge is -2.28. The summed E-state index contributed by atoms with van der Waals surface area (Å²) in [7, 11) is 0. The van der Waals surface area contributed by atoms with Crippen LogP contribution in [0, 0.1) is 0 Å². The second kappa shape index (κ2) is 7.27. The highest BCUT2D eigenvalue weighted by Gasteiger charge is 2.30. The zero-order valence-corrected chi connectivity index (χ0v) is 13.7. The smallest absolute Gasteiger partial charge is 0.136 e. The fourth-order valence-electron chi connectivity index (χ4n) is 1.64. The van der Waals surface area contributed by atoms with Crippen molar-refractivity contribution in [3.05, 3.63) is 47.8 Å². The minimum absolute atomic E-state index is 0.138. The Balaban J connectivity index is 3.10. The van der Waals surface area contributed by atoms with Crippen molar-refractivity contribution >= 4 is 29.0 Å². The molecule has 1 aromatic heterocycles. The van der Waals surface area contributed by atoms with Gasteiger partial charge in [-0.2, -0.15) is 0 Å². The van der Waals surface area contributed by atoms with Crippen LogP contribution in [0.2, 0.25) is 5.15 Å². The molecule has 0 fully saturated rings. The van der Waals surface area contributed by atoms with Crippen LogP contribution >= 0.6 is 11.6 Å². The Labute approximate surface area is 129 Å². The number of nitrogens with zero attached hydrogens (tertiary/aromatic N) is 1. The van der Waals surface area contributed by atoms with E-state index in [0.717, 1.165) is 11.1 Å². The van der Waals surface area contributed by atoms with Crippen molar-refractivity contribution in [1.29, 1.82) is 0 Å². The third-order valence-electron chi connectivity index (χ3n) is 2.74. The number of halogens is 1. The van der Waals surface area contributed by atoms with Crippen molar-refractivity contribution in [2.24, 2.45) is 0 Å². The Morgan fingerprint density at radius 1 is 1.50 bits per heavy atom. The summed E-state index contributed by atoms with van der Waals surface area (Å²) in [4.78, 5) is 4.05. The van der Waals surface area contributed by atoms with E-state index in [2.05, 4.69) is 22.9 Å². The predicted octanol–water partition coefficient (Wildman–Crippen LogP) is 4.05. The van der Waals surface area contributed by atoms with E-state index in [0.29, 0.717) is 11.6 Å². The molecular formula is C15H21ClN2OS. The molecule has 1 unspecified atom stereocenters. The molecule has 1 aromatic rings. The summed E-state index contributed by atoms with van der Waals surface area (Å²) in [6.45, 7) is 13.3. The first kappa shape index (κ1) is 17.2. The van der Waals surface area contributed by atoms with E-state index >= 15 is 0 Å². The first-order valence-electron chi connectivity index (χ1n) is 6.36. The highest BCUT2D eigenvalue weighted by molar-refractivity contribution is 7.90. The molecule has 20 heavy (non-hydrogen) atoms. The van der Waals surface area contributed by atoms with Crippen molar-refractivity contribution in [3.8, 4) is 0 Å². The normalized spacial score (nSPS) is 14.7. The van der Waals surface area contributed by atoms with Gasteiger partial charge >= 0.3 is 0 Å². The lowest BCUT2D eigenvalue weighted by atomic mass is 10.0. The minimum atomic E-state index is -1.18. The summed E-state index contributed by atoms with van der Waals surface area (Å²) in [5.74, 6) is 0. The SMILES string of the molecule is C=CC[C@H](N[S+]([O-])C(C)(C)C)c1cc(Cl)ncc1C=C. The summed E-state index contributed by atoms with van der Waals surface area (Å²) in [5, 5.41) is 0.406. The van der Waals surface area contributed by atoms with Crippen LogP contribution in [0.5, 0.6) is 0 Å². The van der Waals surface area contributed by atoms with Crippen molar-refractivity contribution < 1.29 is 4.55 Å². The summed E-state index contributed by atoms with van der Waals surface area (Å²) < 4.78 is 15.1. The first-order valence-corrected chi connectivity index (χ1v) is 7.89. The molecule has 0 aliphatic carbocycles. The largest absolute Gasteiger partial charge is 0.598 e. The number of nitrogens with one attached hydrogen (secondary N) is 1. The third kappa shape index (κ3) is 4.63. The van der Waals surface area contributed by atoms with E-state index in [1.807, 2.05) is 20.8 Å². The van der Waals surface area contributed by atoms with Gasteiger partial charge in [-0.15, -0.1) is 11.3 Å². The van der Waals surface area contributed by atoms with Gasteiger partial charge in [0.2, 0.25) is 0 Å². The highest BCUT2D eigenvalue weighted by atomic mass is 35.5. The number of aromatic nitrogens is 1. The molecule has 3 nitrogen and oxygen atoms in total. The number of hydrogen-bond donors (Lipinski definition) is 1. The standard InChI is InChI=1S/C15H21ClN2OS/c1-6-8-13(18-20(19)15(3,4)5)12-9-14(16)17-10-11(12)7-2/h6-7,9-10,13,18H,1-2,8H2,3-5H3/t13-,20?/m0/s1. The Morgan fingerprint density at radius 2 is 2.15 bits per heavy atom. The van der Waals surface area contributed by atoms with Crippen LogP contribution in [-0.4, -0.2) is 14.3 Å². The van der Waals surface area contributed by atoms with Gasteiger partial charge in [0.05, 0.1) is 6.04 Å². The van der Waals surface area contributed by atoms with Gasteiger partial charge in [0.25, 0.3) is 0 Å². The fraction of sp³-hybridized carbons (Fsp3) is 0.400. The van der Waals surface area contributed by atoms with Gasteiger partial charge in [-0.3, -0.25) is 0 Å². The molecule has 0 saturated heterocycles. The number of pyridine rings is 1. The Morgan fingerprint density at radius 3 is 2.65 bits per heavy atom. The predicted molar refractivity (Wildman–Crippen MR) is 87.9 cm³/mol. The van der Waals surface area contributed by atoms with Crippen LogP contribution in [0.1, 0.15) is 44.4 Å². The highest BCUT2D eigenvalue weighted by Crippen LogP contribution is 2.27. The molecule has 0 aliphatic rings. The van der Waals surface area contributed by atoms with Crippen molar-refractivity contribution in [3.63, 3.8) is 0 Å². The summed E-state index contributed by atoms with van der Waals surface area (Å²) in [5.41, 5.74) is 1.80. The lowest BCUT2D eigenvalue weighted by Crippen LogP contribution is -2.41. The van der Waals surface area contributed by atoms with E-state index in [1.165, 1.54) is 0 Å². The van der Waals surface area contributed by atoms with Gasteiger partial charge in [-0.05, 0) is 44.4 Å². The van der Waals surface area contributed by atoms with Crippen molar-refractivity contribution in [1.82, 2.24) is 9.71 Å². The first-order chi connectivity index (χ1) is 9.29. The molecule has 1 N–H and O–H groups in total. The van der Waals surface area contributed by atoms with Crippen molar-refractivity contribution in [2.45, 2.75) is 38.0 Å². The molecule has 1 heterocycles. The van der Waals surface area contributed by atoms with Crippen LogP contribution in [0.3, 0.4) is 0 Å². The Hall–Kier alpha value is -0.810. The zero-order chi connectivity index (χ0) is 15.3. The van der Waals surface area contributed by atoms with E-state index in [-0.39, 0.29) is 10.8 Å². The second-order valence-electron chi connectivity index (χ2n) is 5.42. The quantitative estimate of drug-likeness (QED) is 0.490. The maximum atomic E-state index is 12.3. The molecule has 2 atom stereocenters. The molecular weight excluding hydrogens is 292 g/mol. The lowest BCUT2D eigenvalue weighted by molar-refractivity contribution is 0.524. The monoisotopic (exact) mass is 312 g/mol. The van der Waals surface area contributed by atoms with Crippen LogP contribution in [-0.2, 0) is 11.4 Å². The molecule has 0 radical (unpaired) electrons. The third-order valence-corrected chi connectivity index (χ3v) is 4.56. The molecule has 0 aliphatic heterocycles. The maximum Gasteiger partial charge on any atom is 0.136 e. The minimum Gasteiger partial charge on any atom is -0.598 e. The average molecular weight is 313 g/mol. The van der Waals surface area contributed by atoms with Crippen LogP contribution in [0.25, 0.3) is 6.08 Å². The number of hydrogen-bond acceptors (Lipinski definition) is 3. The van der Waals surface area contributed by atoms with Gasteiger partial charge in [0.1, 0.15) is 9.90 Å². The van der Waals surface area contributed by atoms with E-state index in [4.69, 9.17) is 11.6 Å². The second-order valence-corrected chi connectivity index (χ2v) is 7.80. The van der Waals surface area contributed by atoms with Crippen molar-refractivity contribution in [2.75, 3.05) is 0 Å². The zero-order valence-electron chi connectivity index (χ0n) is 12.1. The van der Waals surface area contributed by atoms with E-state index < -0.39 is 11.4 Å². The summed E-state index contributed by atoms with van der Waals surface area (Å²) in [6, 6.07) is 1.64.